The second kappa shape index (κ2) is 7.67. The first-order valence-corrected chi connectivity index (χ1v) is 10.4. The summed E-state index contributed by atoms with van der Waals surface area (Å²) < 4.78 is 15.4. The number of pyridine rings is 1. The molecule has 0 bridgehead atoms. The second-order valence-corrected chi connectivity index (χ2v) is 8.08. The lowest BCUT2D eigenvalue weighted by Gasteiger charge is -2.14. The fraction of sp³-hybridized carbons (Fsp3) is 0.120. The summed E-state index contributed by atoms with van der Waals surface area (Å²) in [5.74, 6) is -0.413. The maximum Gasteiger partial charge on any atom is 0.273 e. The number of hydrogen-bond acceptors (Lipinski definition) is 5. The summed E-state index contributed by atoms with van der Waals surface area (Å²) in [4.78, 5) is 27.6. The highest BCUT2D eigenvalue weighted by Gasteiger charge is 2.21. The van der Waals surface area contributed by atoms with Gasteiger partial charge in [0.25, 0.3) is 5.91 Å². The van der Waals surface area contributed by atoms with E-state index in [4.69, 9.17) is 5.73 Å². The van der Waals surface area contributed by atoms with Crippen LogP contribution in [0.4, 0.5) is 10.2 Å². The molecule has 2 aromatic carbocycles. The van der Waals surface area contributed by atoms with Crippen LogP contribution in [0.25, 0.3) is 39.1 Å². The van der Waals surface area contributed by atoms with E-state index in [1.165, 1.54) is 17.0 Å². The van der Waals surface area contributed by atoms with Crippen LogP contribution in [0.5, 0.6) is 0 Å². The zero-order valence-corrected chi connectivity index (χ0v) is 18.4. The number of benzene rings is 2. The summed E-state index contributed by atoms with van der Waals surface area (Å²) in [6.45, 7) is 2.02. The standard InChI is InChI=1S/C25H21FN6O/c1-14-10-11-28-19-9-6-16(12-18(14)19)22-21(15-4-7-17(26)8-5-15)30-23(27)24-29-20(13-32(22)24)25(33)31(2)3/h4-13H,1-3H3,(H2,27,30). The van der Waals surface area contributed by atoms with E-state index in [2.05, 4.69) is 15.0 Å². The van der Waals surface area contributed by atoms with Gasteiger partial charge in [0, 0.05) is 43.0 Å². The molecule has 2 N–H and O–H groups in total. The average molecular weight is 440 g/mol. The third-order valence-electron chi connectivity index (χ3n) is 5.61. The Morgan fingerprint density at radius 1 is 1.03 bits per heavy atom. The molecule has 33 heavy (non-hydrogen) atoms. The predicted octanol–water partition coefficient (Wildman–Crippen LogP) is 4.34. The van der Waals surface area contributed by atoms with Gasteiger partial charge in [-0.1, -0.05) is 6.07 Å². The number of nitrogens with zero attached hydrogens (tertiary/aromatic N) is 5. The number of carbonyl (C=O) groups is 1. The number of imidazole rings is 1. The molecule has 0 spiro atoms. The quantitative estimate of drug-likeness (QED) is 0.451. The molecule has 0 atom stereocenters. The van der Waals surface area contributed by atoms with Crippen LogP contribution in [0.1, 0.15) is 16.1 Å². The van der Waals surface area contributed by atoms with Crippen LogP contribution in [0.2, 0.25) is 0 Å². The number of halogens is 1. The molecule has 0 unspecified atom stereocenters. The fourth-order valence-corrected chi connectivity index (χ4v) is 3.92. The number of aromatic nitrogens is 4. The molecule has 5 rings (SSSR count). The Hall–Kier alpha value is -4.33. The monoisotopic (exact) mass is 440 g/mol. The van der Waals surface area contributed by atoms with Gasteiger partial charge in [-0.3, -0.25) is 14.2 Å². The molecule has 0 aliphatic rings. The molecule has 0 saturated carbocycles. The fourth-order valence-electron chi connectivity index (χ4n) is 3.92. The first-order chi connectivity index (χ1) is 15.8. The molecule has 0 saturated heterocycles. The highest BCUT2D eigenvalue weighted by Crippen LogP contribution is 2.35. The number of fused-ring (bicyclic) bond motifs is 2. The van der Waals surface area contributed by atoms with Crippen molar-refractivity contribution in [2.75, 3.05) is 19.8 Å². The summed E-state index contributed by atoms with van der Waals surface area (Å²) in [6.07, 6.45) is 3.44. The Kier molecular flexibility index (Phi) is 4.78. The number of nitrogens with two attached hydrogens (primary N) is 1. The van der Waals surface area contributed by atoms with Gasteiger partial charge in [0.2, 0.25) is 0 Å². The number of aryl methyl sites for hydroxylation is 1. The smallest absolute Gasteiger partial charge is 0.273 e. The minimum atomic E-state index is -0.344. The van der Waals surface area contributed by atoms with Gasteiger partial charge < -0.3 is 10.6 Å². The highest BCUT2D eigenvalue weighted by atomic mass is 19.1. The van der Waals surface area contributed by atoms with Crippen molar-refractivity contribution in [2.24, 2.45) is 0 Å². The normalized spacial score (nSPS) is 11.3. The number of nitrogen functional groups attached to an aromatic ring is 1. The van der Waals surface area contributed by atoms with Gasteiger partial charge in [-0.15, -0.1) is 0 Å². The first-order valence-electron chi connectivity index (χ1n) is 10.4. The van der Waals surface area contributed by atoms with Gasteiger partial charge >= 0.3 is 0 Å². The zero-order valence-electron chi connectivity index (χ0n) is 18.4. The van der Waals surface area contributed by atoms with E-state index in [-0.39, 0.29) is 23.2 Å². The van der Waals surface area contributed by atoms with Gasteiger partial charge in [-0.05, 0) is 55.0 Å². The van der Waals surface area contributed by atoms with Crippen molar-refractivity contribution < 1.29 is 9.18 Å². The minimum Gasteiger partial charge on any atom is -0.381 e. The van der Waals surface area contributed by atoms with Crippen LogP contribution in [0.15, 0.2) is 60.9 Å². The molecule has 1 amide bonds. The number of rotatable bonds is 3. The van der Waals surface area contributed by atoms with Crippen molar-refractivity contribution in [1.82, 2.24) is 24.3 Å². The van der Waals surface area contributed by atoms with Gasteiger partial charge in [0.05, 0.1) is 16.9 Å². The van der Waals surface area contributed by atoms with Gasteiger partial charge in [-0.25, -0.2) is 14.4 Å². The van der Waals surface area contributed by atoms with E-state index in [9.17, 15) is 9.18 Å². The molecular formula is C25H21FN6O. The molecule has 0 aliphatic carbocycles. The van der Waals surface area contributed by atoms with Gasteiger partial charge in [0.1, 0.15) is 11.5 Å². The number of anilines is 1. The Labute approximate surface area is 189 Å². The predicted molar refractivity (Wildman–Crippen MR) is 126 cm³/mol. The number of hydrogen-bond donors (Lipinski definition) is 1. The largest absolute Gasteiger partial charge is 0.381 e. The molecule has 3 heterocycles. The molecule has 5 aromatic rings. The third-order valence-corrected chi connectivity index (χ3v) is 5.61. The Morgan fingerprint density at radius 3 is 2.48 bits per heavy atom. The maximum atomic E-state index is 13.6. The minimum absolute atomic E-state index is 0.175. The topological polar surface area (TPSA) is 89.4 Å². The lowest BCUT2D eigenvalue weighted by molar-refractivity contribution is 0.0822. The molecule has 7 nitrogen and oxygen atoms in total. The summed E-state index contributed by atoms with van der Waals surface area (Å²) >= 11 is 0. The molecule has 0 radical (unpaired) electrons. The molecule has 8 heteroatoms. The molecule has 0 aliphatic heterocycles. The van der Waals surface area contributed by atoms with Crippen LogP contribution in [0, 0.1) is 12.7 Å². The first kappa shape index (κ1) is 20.6. The van der Waals surface area contributed by atoms with Crippen LogP contribution >= 0.6 is 0 Å². The van der Waals surface area contributed by atoms with E-state index in [0.29, 0.717) is 22.6 Å². The van der Waals surface area contributed by atoms with Crippen molar-refractivity contribution in [3.8, 4) is 22.5 Å². The summed E-state index contributed by atoms with van der Waals surface area (Å²) in [5, 5.41) is 0.995. The number of carbonyl (C=O) groups excluding carboxylic acids is 1. The molecule has 3 aromatic heterocycles. The van der Waals surface area contributed by atoms with Crippen LogP contribution < -0.4 is 5.73 Å². The molecular weight excluding hydrogens is 419 g/mol. The van der Waals surface area contributed by atoms with E-state index >= 15 is 0 Å². The average Bonchev–Trinajstić information content (AvgIpc) is 3.25. The van der Waals surface area contributed by atoms with E-state index < -0.39 is 0 Å². The molecule has 164 valence electrons. The third kappa shape index (κ3) is 3.45. The van der Waals surface area contributed by atoms with Crippen molar-refractivity contribution in [3.05, 3.63) is 78.0 Å². The van der Waals surface area contributed by atoms with Crippen LogP contribution in [-0.2, 0) is 0 Å². The molecule has 0 fully saturated rings. The SMILES string of the molecule is Cc1ccnc2ccc(-c3c(-c4ccc(F)cc4)nc(N)c4nc(C(=O)N(C)C)cn34)cc12. The van der Waals surface area contributed by atoms with Crippen LogP contribution in [0.3, 0.4) is 0 Å². The summed E-state index contributed by atoms with van der Waals surface area (Å²) in [5.41, 5.74) is 11.6. The maximum absolute atomic E-state index is 13.6. The Bertz CT molecular complexity index is 1540. The lowest BCUT2D eigenvalue weighted by atomic mass is 10.0. The van der Waals surface area contributed by atoms with Crippen molar-refractivity contribution >= 4 is 28.3 Å². The van der Waals surface area contributed by atoms with Gasteiger partial charge in [0.15, 0.2) is 11.5 Å². The van der Waals surface area contributed by atoms with Crippen molar-refractivity contribution in [3.63, 3.8) is 0 Å². The zero-order chi connectivity index (χ0) is 23.3. The Morgan fingerprint density at radius 2 is 1.76 bits per heavy atom. The lowest BCUT2D eigenvalue weighted by Crippen LogP contribution is -2.21. The highest BCUT2D eigenvalue weighted by molar-refractivity contribution is 5.95. The Balaban J connectivity index is 1.87. The van der Waals surface area contributed by atoms with E-state index in [0.717, 1.165) is 22.0 Å². The number of amides is 1. The second-order valence-electron chi connectivity index (χ2n) is 8.08. The van der Waals surface area contributed by atoms with E-state index in [1.807, 2.05) is 31.2 Å². The van der Waals surface area contributed by atoms with Crippen LogP contribution in [-0.4, -0.2) is 44.3 Å². The van der Waals surface area contributed by atoms with Crippen molar-refractivity contribution in [2.45, 2.75) is 6.92 Å². The summed E-state index contributed by atoms with van der Waals surface area (Å²) in [7, 11) is 3.33. The van der Waals surface area contributed by atoms with E-state index in [1.54, 1.807) is 43.0 Å². The van der Waals surface area contributed by atoms with Crippen molar-refractivity contribution in [1.29, 1.82) is 0 Å². The van der Waals surface area contributed by atoms with Gasteiger partial charge in [-0.2, -0.15) is 0 Å². The summed E-state index contributed by atoms with van der Waals surface area (Å²) in [6, 6.07) is 13.9.